The predicted octanol–water partition coefficient (Wildman–Crippen LogP) is 5.20. The Morgan fingerprint density at radius 1 is 1.08 bits per heavy atom. The van der Waals surface area contributed by atoms with Gasteiger partial charge < -0.3 is 9.32 Å². The van der Waals surface area contributed by atoms with Gasteiger partial charge in [-0.1, -0.05) is 12.1 Å². The molecule has 0 atom stereocenters. The summed E-state index contributed by atoms with van der Waals surface area (Å²) in [6.45, 7) is 0.295. The van der Waals surface area contributed by atoms with Crippen molar-refractivity contribution >= 4 is 17.2 Å². The molecule has 1 amide bonds. The lowest BCUT2D eigenvalue weighted by molar-refractivity contribution is -0.138. The zero-order valence-electron chi connectivity index (χ0n) is 13.0. The number of hydrogen-bond acceptors (Lipinski definition) is 3. The first kappa shape index (κ1) is 17.3. The molecule has 0 radical (unpaired) electrons. The Labute approximate surface area is 146 Å². The lowest BCUT2D eigenvalue weighted by atomic mass is 10.1. The minimum atomic E-state index is -4.59. The Kier molecular flexibility index (Phi) is 4.94. The third-order valence-electron chi connectivity index (χ3n) is 3.63. The average molecular weight is 365 g/mol. The number of nitrogens with zero attached hydrogens (tertiary/aromatic N) is 1. The van der Waals surface area contributed by atoms with E-state index in [4.69, 9.17) is 4.42 Å². The van der Waals surface area contributed by atoms with Gasteiger partial charge in [0.25, 0.3) is 5.91 Å². The van der Waals surface area contributed by atoms with E-state index in [-0.39, 0.29) is 18.7 Å². The Hall–Kier alpha value is -2.54. The van der Waals surface area contributed by atoms with Crippen LogP contribution in [-0.2, 0) is 19.3 Å². The summed E-state index contributed by atoms with van der Waals surface area (Å²) in [4.78, 5) is 14.2. The van der Waals surface area contributed by atoms with Gasteiger partial charge in [0.2, 0.25) is 0 Å². The molecule has 0 spiro atoms. The average Bonchev–Trinajstić information content (AvgIpc) is 3.26. The Morgan fingerprint density at radius 3 is 2.52 bits per heavy atom. The number of carbonyl (C=O) groups is 1. The SMILES string of the molecule is O=C(c1ccccc1C(F)(F)F)N(Cc1ccsc1)Cc1ccco1. The fourth-order valence-electron chi connectivity index (χ4n) is 2.48. The van der Waals surface area contributed by atoms with E-state index in [2.05, 4.69) is 0 Å². The summed E-state index contributed by atoms with van der Waals surface area (Å²) in [6.07, 6.45) is -3.13. The van der Waals surface area contributed by atoms with Gasteiger partial charge in [-0.25, -0.2) is 0 Å². The molecule has 1 aromatic carbocycles. The van der Waals surface area contributed by atoms with Crippen molar-refractivity contribution in [2.45, 2.75) is 19.3 Å². The molecule has 0 saturated carbocycles. The molecule has 0 aliphatic carbocycles. The highest BCUT2D eigenvalue weighted by molar-refractivity contribution is 7.07. The molecule has 0 unspecified atom stereocenters. The van der Waals surface area contributed by atoms with Crippen molar-refractivity contribution in [3.63, 3.8) is 0 Å². The number of amides is 1. The summed E-state index contributed by atoms with van der Waals surface area (Å²) in [5.74, 6) is -0.177. The molecular weight excluding hydrogens is 351 g/mol. The van der Waals surface area contributed by atoms with Crippen LogP contribution in [0.3, 0.4) is 0 Å². The van der Waals surface area contributed by atoms with Crippen molar-refractivity contribution in [3.05, 3.63) is 81.9 Å². The summed E-state index contributed by atoms with van der Waals surface area (Å²) >= 11 is 1.46. The van der Waals surface area contributed by atoms with Crippen LogP contribution in [0.15, 0.2) is 63.9 Å². The van der Waals surface area contributed by atoms with Crippen LogP contribution in [0.4, 0.5) is 13.2 Å². The van der Waals surface area contributed by atoms with Gasteiger partial charge in [0.1, 0.15) is 5.76 Å². The van der Waals surface area contributed by atoms with Crippen LogP contribution >= 0.6 is 11.3 Å². The van der Waals surface area contributed by atoms with Crippen molar-refractivity contribution in [1.29, 1.82) is 0 Å². The summed E-state index contributed by atoms with van der Waals surface area (Å²) in [5.41, 5.74) is -0.444. The topological polar surface area (TPSA) is 33.5 Å². The summed E-state index contributed by atoms with van der Waals surface area (Å²) in [6, 6.07) is 10.0. The second-order valence-electron chi connectivity index (χ2n) is 5.42. The van der Waals surface area contributed by atoms with Crippen LogP contribution in [0.5, 0.6) is 0 Å². The van der Waals surface area contributed by atoms with E-state index in [1.165, 1.54) is 40.7 Å². The third kappa shape index (κ3) is 4.11. The van der Waals surface area contributed by atoms with Crippen molar-refractivity contribution in [2.75, 3.05) is 0 Å². The first-order chi connectivity index (χ1) is 11.9. The minimum absolute atomic E-state index is 0.0911. The maximum atomic E-state index is 13.2. The zero-order chi connectivity index (χ0) is 17.9. The predicted molar refractivity (Wildman–Crippen MR) is 88.0 cm³/mol. The Balaban J connectivity index is 1.94. The molecule has 0 aliphatic heterocycles. The van der Waals surface area contributed by atoms with Gasteiger partial charge in [0, 0.05) is 6.54 Å². The molecule has 0 saturated heterocycles. The molecule has 130 valence electrons. The number of benzene rings is 1. The standard InChI is InChI=1S/C18H14F3NO2S/c19-18(20,21)16-6-2-1-5-15(16)17(23)22(10-13-7-9-25-12-13)11-14-4-3-8-24-14/h1-9,12H,10-11H2. The van der Waals surface area contributed by atoms with Gasteiger partial charge >= 0.3 is 6.18 Å². The van der Waals surface area contributed by atoms with E-state index in [1.807, 2.05) is 16.8 Å². The second kappa shape index (κ2) is 7.14. The van der Waals surface area contributed by atoms with E-state index in [0.717, 1.165) is 11.6 Å². The number of rotatable bonds is 5. The summed E-state index contributed by atoms with van der Waals surface area (Å²) < 4.78 is 45.0. The number of hydrogen-bond donors (Lipinski definition) is 0. The number of thiophene rings is 1. The quantitative estimate of drug-likeness (QED) is 0.622. The molecule has 3 aromatic rings. The highest BCUT2D eigenvalue weighted by atomic mass is 32.1. The normalized spacial score (nSPS) is 11.5. The number of halogens is 3. The molecule has 0 bridgehead atoms. The molecule has 0 N–H and O–H groups in total. The summed E-state index contributed by atoms with van der Waals surface area (Å²) in [5, 5.41) is 3.71. The lowest BCUT2D eigenvalue weighted by Gasteiger charge is -2.23. The molecular formula is C18H14F3NO2S. The molecule has 3 rings (SSSR count). The second-order valence-corrected chi connectivity index (χ2v) is 6.20. The molecule has 0 aliphatic rings. The van der Waals surface area contributed by atoms with Gasteiger partial charge in [0.05, 0.1) is 23.9 Å². The summed E-state index contributed by atoms with van der Waals surface area (Å²) in [7, 11) is 0. The Bertz CT molecular complexity index is 790. The van der Waals surface area contributed by atoms with Gasteiger partial charge in [-0.05, 0) is 46.7 Å². The van der Waals surface area contributed by atoms with E-state index in [1.54, 1.807) is 12.1 Å². The van der Waals surface area contributed by atoms with Crippen LogP contribution in [0.25, 0.3) is 0 Å². The maximum Gasteiger partial charge on any atom is 0.417 e. The molecule has 2 heterocycles. The maximum absolute atomic E-state index is 13.2. The largest absolute Gasteiger partial charge is 0.467 e. The van der Waals surface area contributed by atoms with Gasteiger partial charge in [-0.15, -0.1) is 0 Å². The molecule has 2 aromatic heterocycles. The number of carbonyl (C=O) groups excluding carboxylic acids is 1. The van der Waals surface area contributed by atoms with Crippen LogP contribution in [0.1, 0.15) is 27.2 Å². The highest BCUT2D eigenvalue weighted by Crippen LogP contribution is 2.32. The van der Waals surface area contributed by atoms with Crippen molar-refractivity contribution < 1.29 is 22.4 Å². The first-order valence-corrected chi connectivity index (χ1v) is 8.38. The molecule has 3 nitrogen and oxygen atoms in total. The van der Waals surface area contributed by atoms with Gasteiger partial charge in [-0.3, -0.25) is 4.79 Å². The smallest absolute Gasteiger partial charge is 0.417 e. The zero-order valence-corrected chi connectivity index (χ0v) is 13.8. The van der Waals surface area contributed by atoms with Crippen LogP contribution in [0.2, 0.25) is 0 Å². The van der Waals surface area contributed by atoms with E-state index in [9.17, 15) is 18.0 Å². The van der Waals surface area contributed by atoms with E-state index < -0.39 is 17.6 Å². The van der Waals surface area contributed by atoms with Crippen molar-refractivity contribution in [1.82, 2.24) is 4.90 Å². The number of furan rings is 1. The Morgan fingerprint density at radius 2 is 1.88 bits per heavy atom. The van der Waals surface area contributed by atoms with E-state index in [0.29, 0.717) is 5.76 Å². The molecule has 7 heteroatoms. The van der Waals surface area contributed by atoms with Gasteiger partial charge in [0.15, 0.2) is 0 Å². The fourth-order valence-corrected chi connectivity index (χ4v) is 3.14. The number of alkyl halides is 3. The fraction of sp³-hybridized carbons (Fsp3) is 0.167. The van der Waals surface area contributed by atoms with Crippen molar-refractivity contribution in [2.24, 2.45) is 0 Å². The minimum Gasteiger partial charge on any atom is -0.467 e. The third-order valence-corrected chi connectivity index (χ3v) is 4.36. The van der Waals surface area contributed by atoms with Gasteiger partial charge in [-0.2, -0.15) is 24.5 Å². The van der Waals surface area contributed by atoms with Crippen molar-refractivity contribution in [3.8, 4) is 0 Å². The lowest BCUT2D eigenvalue weighted by Crippen LogP contribution is -2.31. The first-order valence-electron chi connectivity index (χ1n) is 7.44. The van der Waals surface area contributed by atoms with Crippen LogP contribution < -0.4 is 0 Å². The highest BCUT2D eigenvalue weighted by Gasteiger charge is 2.36. The monoisotopic (exact) mass is 365 g/mol. The van der Waals surface area contributed by atoms with Crippen LogP contribution in [0, 0.1) is 0 Å². The van der Waals surface area contributed by atoms with E-state index >= 15 is 0 Å². The van der Waals surface area contributed by atoms with Crippen LogP contribution in [-0.4, -0.2) is 10.8 Å². The molecule has 25 heavy (non-hydrogen) atoms. The molecule has 0 fully saturated rings.